The largest absolute Gasteiger partial charge is 0.433 e. The van der Waals surface area contributed by atoms with Crippen molar-refractivity contribution in [2.75, 3.05) is 12.1 Å². The summed E-state index contributed by atoms with van der Waals surface area (Å²) < 4.78 is 4.96. The molecule has 0 amide bonds. The van der Waals surface area contributed by atoms with Crippen molar-refractivity contribution in [3.05, 3.63) is 58.3 Å². The Bertz CT molecular complexity index is 563. The molecule has 0 unspecified atom stereocenters. The molecule has 1 heterocycles. The Hall–Kier alpha value is -2.63. The summed E-state index contributed by atoms with van der Waals surface area (Å²) in [6, 6.07) is 12.3. The third-order valence-corrected chi connectivity index (χ3v) is 2.28. The Morgan fingerprint density at radius 1 is 1.28 bits per heavy atom. The monoisotopic (exact) mass is 245 g/mol. The Balaban J connectivity index is 2.08. The molecular formula is C12H11N3O3. The number of hydrazone groups is 1. The van der Waals surface area contributed by atoms with Crippen molar-refractivity contribution in [3.8, 4) is 0 Å². The lowest BCUT2D eigenvalue weighted by Crippen LogP contribution is -2.08. The molecule has 0 atom stereocenters. The number of benzene rings is 1. The number of hydrogen-bond acceptors (Lipinski definition) is 5. The van der Waals surface area contributed by atoms with Crippen LogP contribution in [0.2, 0.25) is 0 Å². The normalized spacial score (nSPS) is 10.7. The molecule has 0 radical (unpaired) electrons. The summed E-state index contributed by atoms with van der Waals surface area (Å²) in [5.41, 5.74) is 0.912. The molecule has 0 spiro atoms. The van der Waals surface area contributed by atoms with Gasteiger partial charge in [-0.2, -0.15) is 5.10 Å². The Labute approximate surface area is 103 Å². The van der Waals surface area contributed by atoms with Crippen molar-refractivity contribution in [1.29, 1.82) is 0 Å². The first-order chi connectivity index (χ1) is 8.66. The summed E-state index contributed by atoms with van der Waals surface area (Å²) in [7, 11) is 1.78. The highest BCUT2D eigenvalue weighted by atomic mass is 16.6. The Kier molecular flexibility index (Phi) is 3.38. The average molecular weight is 245 g/mol. The van der Waals surface area contributed by atoms with E-state index in [1.54, 1.807) is 12.1 Å². The highest BCUT2D eigenvalue weighted by Gasteiger charge is 2.10. The van der Waals surface area contributed by atoms with Crippen LogP contribution < -0.4 is 5.01 Å². The van der Waals surface area contributed by atoms with Crippen LogP contribution in [0.25, 0.3) is 0 Å². The second-order valence-electron chi connectivity index (χ2n) is 3.54. The molecule has 0 N–H and O–H groups in total. The van der Waals surface area contributed by atoms with E-state index >= 15 is 0 Å². The van der Waals surface area contributed by atoms with Gasteiger partial charge in [-0.1, -0.05) is 18.2 Å². The van der Waals surface area contributed by atoms with Crippen LogP contribution in [0.3, 0.4) is 0 Å². The van der Waals surface area contributed by atoms with Crippen molar-refractivity contribution in [1.82, 2.24) is 0 Å². The first kappa shape index (κ1) is 11.8. The SMILES string of the molecule is CN(/N=C/c1ccc([N+](=O)[O-])o1)c1ccccc1. The van der Waals surface area contributed by atoms with Gasteiger partial charge in [0.25, 0.3) is 0 Å². The van der Waals surface area contributed by atoms with Crippen molar-refractivity contribution in [3.63, 3.8) is 0 Å². The van der Waals surface area contributed by atoms with Crippen LogP contribution in [-0.4, -0.2) is 18.2 Å². The number of nitro groups is 1. The third kappa shape index (κ3) is 2.73. The number of anilines is 1. The predicted molar refractivity (Wildman–Crippen MR) is 67.8 cm³/mol. The van der Waals surface area contributed by atoms with Crippen LogP contribution in [0.4, 0.5) is 11.6 Å². The number of nitrogens with zero attached hydrogens (tertiary/aromatic N) is 3. The molecule has 0 aliphatic carbocycles. The van der Waals surface area contributed by atoms with Crippen LogP contribution in [0, 0.1) is 10.1 Å². The minimum absolute atomic E-state index is 0.293. The highest BCUT2D eigenvalue weighted by molar-refractivity contribution is 5.77. The van der Waals surface area contributed by atoms with Gasteiger partial charge in [0.05, 0.1) is 18.0 Å². The number of rotatable bonds is 4. The summed E-state index contributed by atoms with van der Waals surface area (Å²) in [6.07, 6.45) is 1.43. The van der Waals surface area contributed by atoms with Gasteiger partial charge in [-0.05, 0) is 18.2 Å². The molecule has 0 saturated heterocycles. The quantitative estimate of drug-likeness (QED) is 0.471. The molecule has 0 fully saturated rings. The lowest BCUT2D eigenvalue weighted by atomic mass is 10.3. The van der Waals surface area contributed by atoms with Gasteiger partial charge in [-0.3, -0.25) is 15.1 Å². The van der Waals surface area contributed by atoms with E-state index in [2.05, 4.69) is 5.10 Å². The van der Waals surface area contributed by atoms with E-state index in [4.69, 9.17) is 4.42 Å². The van der Waals surface area contributed by atoms with Gasteiger partial charge >= 0.3 is 5.88 Å². The summed E-state index contributed by atoms with van der Waals surface area (Å²) in [6.45, 7) is 0. The van der Waals surface area contributed by atoms with Gasteiger partial charge in [0.2, 0.25) is 0 Å². The van der Waals surface area contributed by atoms with Crippen molar-refractivity contribution >= 4 is 17.8 Å². The maximum absolute atomic E-state index is 10.4. The standard InChI is InChI=1S/C12H11N3O3/c1-14(10-5-3-2-4-6-10)13-9-11-7-8-12(18-11)15(16)17/h2-9H,1H3/b13-9+. The fourth-order valence-corrected chi connectivity index (χ4v) is 1.36. The molecular weight excluding hydrogens is 234 g/mol. The van der Waals surface area contributed by atoms with Gasteiger partial charge < -0.3 is 4.42 Å². The molecule has 6 nitrogen and oxygen atoms in total. The Morgan fingerprint density at radius 2 is 2.00 bits per heavy atom. The van der Waals surface area contributed by atoms with Gasteiger partial charge in [-0.25, -0.2) is 0 Å². The molecule has 2 aromatic rings. The molecule has 1 aromatic carbocycles. The minimum Gasteiger partial charge on any atom is -0.400 e. The maximum atomic E-state index is 10.4. The second-order valence-corrected chi connectivity index (χ2v) is 3.54. The van der Waals surface area contributed by atoms with Crippen molar-refractivity contribution in [2.45, 2.75) is 0 Å². The molecule has 18 heavy (non-hydrogen) atoms. The van der Waals surface area contributed by atoms with Crippen LogP contribution >= 0.6 is 0 Å². The van der Waals surface area contributed by atoms with E-state index in [-0.39, 0.29) is 5.88 Å². The second kappa shape index (κ2) is 5.13. The lowest BCUT2D eigenvalue weighted by Gasteiger charge is -2.11. The number of furan rings is 1. The van der Waals surface area contributed by atoms with Gasteiger partial charge in [0, 0.05) is 7.05 Å². The topological polar surface area (TPSA) is 71.9 Å². The van der Waals surface area contributed by atoms with Gasteiger partial charge in [0.15, 0.2) is 5.76 Å². The molecule has 92 valence electrons. The fourth-order valence-electron chi connectivity index (χ4n) is 1.36. The molecule has 0 aliphatic rings. The molecule has 0 aliphatic heterocycles. The van der Waals surface area contributed by atoms with E-state index in [1.807, 2.05) is 30.3 Å². The minimum atomic E-state index is -0.585. The van der Waals surface area contributed by atoms with Crippen LogP contribution in [-0.2, 0) is 0 Å². The van der Waals surface area contributed by atoms with E-state index in [0.717, 1.165) is 5.69 Å². The summed E-state index contributed by atoms with van der Waals surface area (Å²) >= 11 is 0. The number of hydrogen-bond donors (Lipinski definition) is 0. The number of para-hydroxylation sites is 1. The van der Waals surface area contributed by atoms with E-state index < -0.39 is 4.92 Å². The smallest absolute Gasteiger partial charge is 0.400 e. The highest BCUT2D eigenvalue weighted by Crippen LogP contribution is 2.15. The lowest BCUT2D eigenvalue weighted by molar-refractivity contribution is -0.402. The molecule has 0 saturated carbocycles. The van der Waals surface area contributed by atoms with Gasteiger partial charge in [0.1, 0.15) is 4.92 Å². The fraction of sp³-hybridized carbons (Fsp3) is 0.0833. The first-order valence-electron chi connectivity index (χ1n) is 5.24. The van der Waals surface area contributed by atoms with E-state index in [0.29, 0.717) is 5.76 Å². The summed E-state index contributed by atoms with van der Waals surface area (Å²) in [5, 5.41) is 16.2. The zero-order valence-corrected chi connectivity index (χ0v) is 9.69. The van der Waals surface area contributed by atoms with E-state index in [1.165, 1.54) is 18.3 Å². The zero-order chi connectivity index (χ0) is 13.0. The van der Waals surface area contributed by atoms with Crippen LogP contribution in [0.5, 0.6) is 0 Å². The molecule has 1 aromatic heterocycles. The zero-order valence-electron chi connectivity index (χ0n) is 9.69. The Morgan fingerprint density at radius 3 is 2.61 bits per heavy atom. The molecule has 0 bridgehead atoms. The predicted octanol–water partition coefficient (Wildman–Crippen LogP) is 2.66. The van der Waals surface area contributed by atoms with Crippen LogP contribution in [0.1, 0.15) is 5.76 Å². The molecule has 2 rings (SSSR count). The van der Waals surface area contributed by atoms with E-state index in [9.17, 15) is 10.1 Å². The average Bonchev–Trinajstić information content (AvgIpc) is 2.86. The molecule has 6 heteroatoms. The summed E-state index contributed by atoms with van der Waals surface area (Å²) in [4.78, 5) is 9.85. The summed E-state index contributed by atoms with van der Waals surface area (Å²) in [5.74, 6) is 0.0447. The maximum Gasteiger partial charge on any atom is 0.433 e. The van der Waals surface area contributed by atoms with Crippen molar-refractivity contribution in [2.24, 2.45) is 5.10 Å². The third-order valence-electron chi connectivity index (χ3n) is 2.28. The van der Waals surface area contributed by atoms with Gasteiger partial charge in [-0.15, -0.1) is 0 Å². The van der Waals surface area contributed by atoms with Crippen molar-refractivity contribution < 1.29 is 9.34 Å². The first-order valence-corrected chi connectivity index (χ1v) is 5.24. The van der Waals surface area contributed by atoms with Crippen LogP contribution in [0.15, 0.2) is 52.0 Å².